The fourth-order valence-electron chi connectivity index (χ4n) is 2.31. The summed E-state index contributed by atoms with van der Waals surface area (Å²) in [4.78, 5) is 0. The molecule has 1 aliphatic heterocycles. The maximum atomic E-state index is 5.91. The molecule has 1 fully saturated rings. The summed E-state index contributed by atoms with van der Waals surface area (Å²) in [5.41, 5.74) is 7.85. The van der Waals surface area contributed by atoms with Gasteiger partial charge in [-0.3, -0.25) is 0 Å². The highest BCUT2D eigenvalue weighted by atomic mass is 16.5. The monoisotopic (exact) mass is 288 g/mol. The smallest absolute Gasteiger partial charge is 0.127 e. The van der Waals surface area contributed by atoms with Crippen LogP contribution in [0.15, 0.2) is 30.5 Å². The van der Waals surface area contributed by atoms with Crippen molar-refractivity contribution < 1.29 is 9.47 Å². The summed E-state index contributed by atoms with van der Waals surface area (Å²) >= 11 is 0. The van der Waals surface area contributed by atoms with Gasteiger partial charge in [0.1, 0.15) is 24.3 Å². The van der Waals surface area contributed by atoms with Crippen LogP contribution in [-0.2, 0) is 4.74 Å². The van der Waals surface area contributed by atoms with Crippen LogP contribution in [0.25, 0.3) is 5.69 Å². The number of aryl methyl sites for hydroxylation is 1. The number of benzene rings is 1. The van der Waals surface area contributed by atoms with Gasteiger partial charge in [0.05, 0.1) is 18.5 Å². The van der Waals surface area contributed by atoms with Crippen molar-refractivity contribution in [2.45, 2.75) is 13.0 Å². The second-order valence-electron chi connectivity index (χ2n) is 5.13. The van der Waals surface area contributed by atoms with Crippen molar-refractivity contribution in [3.63, 3.8) is 0 Å². The van der Waals surface area contributed by atoms with E-state index in [1.165, 1.54) is 0 Å². The van der Waals surface area contributed by atoms with Crippen LogP contribution < -0.4 is 15.8 Å². The minimum absolute atomic E-state index is 0.0941. The van der Waals surface area contributed by atoms with E-state index in [9.17, 15) is 0 Å². The number of hydrogen-bond acceptors (Lipinski definition) is 5. The normalized spacial score (nSPS) is 18.6. The van der Waals surface area contributed by atoms with Crippen LogP contribution in [0.4, 0.5) is 5.82 Å². The summed E-state index contributed by atoms with van der Waals surface area (Å²) < 4.78 is 13.2. The molecule has 1 saturated heterocycles. The number of rotatable bonds is 4. The van der Waals surface area contributed by atoms with Crippen LogP contribution in [0, 0.1) is 6.92 Å². The van der Waals surface area contributed by atoms with Gasteiger partial charge in [-0.25, -0.2) is 4.68 Å². The lowest BCUT2D eigenvalue weighted by molar-refractivity contribution is 0.0000653. The molecule has 3 rings (SSSR count). The van der Waals surface area contributed by atoms with Crippen LogP contribution in [0.3, 0.4) is 0 Å². The van der Waals surface area contributed by atoms with Gasteiger partial charge < -0.3 is 20.5 Å². The number of aromatic nitrogens is 2. The van der Waals surface area contributed by atoms with Gasteiger partial charge in [-0.15, -0.1) is 0 Å². The quantitative estimate of drug-likeness (QED) is 0.882. The van der Waals surface area contributed by atoms with Crippen LogP contribution in [0.2, 0.25) is 0 Å². The maximum absolute atomic E-state index is 5.91. The van der Waals surface area contributed by atoms with E-state index in [2.05, 4.69) is 10.4 Å². The van der Waals surface area contributed by atoms with Crippen molar-refractivity contribution in [1.82, 2.24) is 15.1 Å². The minimum atomic E-state index is 0.0941. The Balaban J connectivity index is 1.73. The lowest BCUT2D eigenvalue weighted by Crippen LogP contribution is -2.41. The van der Waals surface area contributed by atoms with Crippen molar-refractivity contribution in [3.8, 4) is 11.4 Å². The second-order valence-corrected chi connectivity index (χ2v) is 5.13. The van der Waals surface area contributed by atoms with E-state index in [0.717, 1.165) is 36.7 Å². The molecule has 1 unspecified atom stereocenters. The molecule has 1 aromatic heterocycles. The molecule has 0 aliphatic carbocycles. The lowest BCUT2D eigenvalue weighted by Gasteiger charge is -2.24. The zero-order valence-corrected chi connectivity index (χ0v) is 12.1. The lowest BCUT2D eigenvalue weighted by atomic mass is 10.2. The van der Waals surface area contributed by atoms with Crippen molar-refractivity contribution in [2.24, 2.45) is 0 Å². The third-order valence-electron chi connectivity index (χ3n) is 3.52. The van der Waals surface area contributed by atoms with Crippen LogP contribution in [0.1, 0.15) is 5.56 Å². The highest BCUT2D eigenvalue weighted by Gasteiger charge is 2.15. The standard InChI is InChI=1S/C15H20N4O2/c1-11-2-3-12(19-15(16)4-5-18-19)8-14(11)21-10-13-9-17-6-7-20-13/h2-5,8,13,17H,6-7,9-10,16H2,1H3. The molecule has 2 aromatic rings. The van der Waals surface area contributed by atoms with Crippen molar-refractivity contribution in [2.75, 3.05) is 32.0 Å². The Labute approximate surface area is 123 Å². The number of anilines is 1. The number of hydrogen-bond donors (Lipinski definition) is 2. The summed E-state index contributed by atoms with van der Waals surface area (Å²) in [6.45, 7) is 5.02. The molecule has 1 atom stereocenters. The second kappa shape index (κ2) is 6.15. The predicted octanol–water partition coefficient (Wildman–Crippen LogP) is 1.13. The predicted molar refractivity (Wildman–Crippen MR) is 80.8 cm³/mol. The van der Waals surface area contributed by atoms with E-state index in [1.54, 1.807) is 16.9 Å². The Kier molecular flexibility index (Phi) is 4.08. The molecule has 0 spiro atoms. The molecular formula is C15H20N4O2. The summed E-state index contributed by atoms with van der Waals surface area (Å²) in [6, 6.07) is 7.70. The zero-order chi connectivity index (χ0) is 14.7. The SMILES string of the molecule is Cc1ccc(-n2nccc2N)cc1OCC1CNCCO1. The average Bonchev–Trinajstić information content (AvgIpc) is 2.94. The Morgan fingerprint density at radius 3 is 3.10 bits per heavy atom. The molecule has 21 heavy (non-hydrogen) atoms. The Morgan fingerprint density at radius 2 is 2.38 bits per heavy atom. The van der Waals surface area contributed by atoms with Gasteiger partial charge in [-0.1, -0.05) is 6.07 Å². The average molecular weight is 288 g/mol. The summed E-state index contributed by atoms with van der Waals surface area (Å²) in [7, 11) is 0. The van der Waals surface area contributed by atoms with Crippen LogP contribution in [-0.4, -0.2) is 42.2 Å². The largest absolute Gasteiger partial charge is 0.490 e. The Hall–Kier alpha value is -2.05. The summed E-state index contributed by atoms with van der Waals surface area (Å²) in [5.74, 6) is 1.43. The zero-order valence-electron chi connectivity index (χ0n) is 12.1. The number of nitrogens with zero attached hydrogens (tertiary/aromatic N) is 2. The van der Waals surface area contributed by atoms with Gasteiger partial charge >= 0.3 is 0 Å². The molecular weight excluding hydrogens is 268 g/mol. The van der Waals surface area contributed by atoms with Gasteiger partial charge in [-0.05, 0) is 18.6 Å². The van der Waals surface area contributed by atoms with Crippen LogP contribution in [0.5, 0.6) is 5.75 Å². The van der Waals surface area contributed by atoms with Gasteiger partial charge in [-0.2, -0.15) is 5.10 Å². The molecule has 0 radical (unpaired) electrons. The van der Waals surface area contributed by atoms with Gasteiger partial charge in [0.15, 0.2) is 0 Å². The molecule has 0 bridgehead atoms. The first kappa shape index (κ1) is 13.9. The van der Waals surface area contributed by atoms with Crippen molar-refractivity contribution in [3.05, 3.63) is 36.0 Å². The maximum Gasteiger partial charge on any atom is 0.127 e. The molecule has 1 aromatic carbocycles. The fourth-order valence-corrected chi connectivity index (χ4v) is 2.31. The van der Waals surface area contributed by atoms with E-state index in [4.69, 9.17) is 15.2 Å². The molecule has 3 N–H and O–H groups in total. The van der Waals surface area contributed by atoms with Gasteiger partial charge in [0, 0.05) is 25.2 Å². The molecule has 2 heterocycles. The van der Waals surface area contributed by atoms with Crippen LogP contribution >= 0.6 is 0 Å². The first-order chi connectivity index (χ1) is 10.2. The van der Waals surface area contributed by atoms with E-state index in [-0.39, 0.29) is 6.10 Å². The van der Waals surface area contributed by atoms with E-state index >= 15 is 0 Å². The van der Waals surface area contributed by atoms with Gasteiger partial charge in [0.2, 0.25) is 0 Å². The highest BCUT2D eigenvalue weighted by molar-refractivity contribution is 5.47. The molecule has 6 nitrogen and oxygen atoms in total. The molecule has 112 valence electrons. The van der Waals surface area contributed by atoms with Crippen molar-refractivity contribution in [1.29, 1.82) is 0 Å². The molecule has 6 heteroatoms. The number of ether oxygens (including phenoxy) is 2. The number of nitrogen functional groups attached to an aromatic ring is 1. The topological polar surface area (TPSA) is 74.3 Å². The molecule has 1 aliphatic rings. The van der Waals surface area contributed by atoms with E-state index < -0.39 is 0 Å². The first-order valence-corrected chi connectivity index (χ1v) is 7.09. The van der Waals surface area contributed by atoms with E-state index in [0.29, 0.717) is 12.4 Å². The Bertz CT molecular complexity index is 605. The van der Waals surface area contributed by atoms with E-state index in [1.807, 2.05) is 25.1 Å². The number of morpholine rings is 1. The first-order valence-electron chi connectivity index (χ1n) is 7.09. The number of nitrogens with two attached hydrogens (primary N) is 1. The molecule has 0 amide bonds. The highest BCUT2D eigenvalue weighted by Crippen LogP contribution is 2.23. The minimum Gasteiger partial charge on any atom is -0.490 e. The third-order valence-corrected chi connectivity index (χ3v) is 3.52. The fraction of sp³-hybridized carbons (Fsp3) is 0.400. The third kappa shape index (κ3) is 3.17. The Morgan fingerprint density at radius 1 is 1.48 bits per heavy atom. The van der Waals surface area contributed by atoms with Gasteiger partial charge in [0.25, 0.3) is 0 Å². The number of nitrogens with one attached hydrogen (secondary N) is 1. The molecule has 0 saturated carbocycles. The summed E-state index contributed by atoms with van der Waals surface area (Å²) in [5, 5.41) is 7.50. The van der Waals surface area contributed by atoms with Crippen molar-refractivity contribution >= 4 is 5.82 Å². The summed E-state index contributed by atoms with van der Waals surface area (Å²) in [6.07, 6.45) is 1.77.